The highest BCUT2D eigenvalue weighted by Crippen LogP contribution is 2.26. The van der Waals surface area contributed by atoms with Gasteiger partial charge in [-0.25, -0.2) is 12.8 Å². The standard InChI is InChI=1S/C35H38FN3O4S/c1-4-22-37-35(41)33(23-28-10-6-5-7-11-28)38(24-29-12-8-9-13-32(29)36)34(40)25-39(30-18-14-26(2)15-19-30)44(42,43)31-20-16-27(3)17-21-31/h5-21,33H,4,22-25H2,1-3H3,(H,37,41)/t33-/m0/s1. The molecule has 4 aromatic rings. The Balaban J connectivity index is 1.80. The second kappa shape index (κ2) is 14.8. The van der Waals surface area contributed by atoms with E-state index < -0.39 is 40.2 Å². The van der Waals surface area contributed by atoms with E-state index in [1.54, 1.807) is 54.6 Å². The monoisotopic (exact) mass is 615 g/mol. The van der Waals surface area contributed by atoms with E-state index in [0.717, 1.165) is 21.0 Å². The lowest BCUT2D eigenvalue weighted by atomic mass is 10.0. The molecule has 0 saturated carbocycles. The fraction of sp³-hybridized carbons (Fsp3) is 0.257. The molecule has 1 atom stereocenters. The zero-order valence-corrected chi connectivity index (χ0v) is 26.1. The van der Waals surface area contributed by atoms with E-state index >= 15 is 0 Å². The van der Waals surface area contributed by atoms with Gasteiger partial charge < -0.3 is 10.2 Å². The van der Waals surface area contributed by atoms with Crippen LogP contribution in [0.25, 0.3) is 0 Å². The van der Waals surface area contributed by atoms with Gasteiger partial charge in [0.2, 0.25) is 11.8 Å². The number of sulfonamides is 1. The molecule has 2 amide bonds. The molecule has 0 aliphatic carbocycles. The molecule has 0 aliphatic heterocycles. The summed E-state index contributed by atoms with van der Waals surface area (Å²) in [4.78, 5) is 29.3. The summed E-state index contributed by atoms with van der Waals surface area (Å²) in [5.74, 6) is -1.57. The van der Waals surface area contributed by atoms with E-state index in [9.17, 15) is 22.4 Å². The van der Waals surface area contributed by atoms with Gasteiger partial charge in [-0.15, -0.1) is 0 Å². The van der Waals surface area contributed by atoms with Gasteiger partial charge in [0, 0.05) is 25.1 Å². The zero-order valence-electron chi connectivity index (χ0n) is 25.2. The molecule has 0 aromatic heterocycles. The summed E-state index contributed by atoms with van der Waals surface area (Å²) in [5.41, 5.74) is 3.12. The Morgan fingerprint density at radius 3 is 2.02 bits per heavy atom. The Labute approximate surface area is 259 Å². The summed E-state index contributed by atoms with van der Waals surface area (Å²) in [6.07, 6.45) is 0.840. The van der Waals surface area contributed by atoms with E-state index in [-0.39, 0.29) is 23.4 Å². The molecule has 0 aliphatic rings. The van der Waals surface area contributed by atoms with Crippen molar-refractivity contribution >= 4 is 27.5 Å². The summed E-state index contributed by atoms with van der Waals surface area (Å²) in [5, 5.41) is 2.88. The summed E-state index contributed by atoms with van der Waals surface area (Å²) in [7, 11) is -4.20. The first-order valence-electron chi connectivity index (χ1n) is 14.6. The smallest absolute Gasteiger partial charge is 0.264 e. The van der Waals surface area contributed by atoms with Crippen molar-refractivity contribution in [2.75, 3.05) is 17.4 Å². The fourth-order valence-corrected chi connectivity index (χ4v) is 6.22. The predicted molar refractivity (Wildman–Crippen MR) is 171 cm³/mol. The largest absolute Gasteiger partial charge is 0.354 e. The lowest BCUT2D eigenvalue weighted by Crippen LogP contribution is -2.53. The van der Waals surface area contributed by atoms with Crippen LogP contribution < -0.4 is 9.62 Å². The van der Waals surface area contributed by atoms with Crippen LogP contribution in [0.1, 0.15) is 35.6 Å². The molecule has 9 heteroatoms. The van der Waals surface area contributed by atoms with E-state index in [0.29, 0.717) is 18.7 Å². The third kappa shape index (κ3) is 8.11. The molecule has 0 heterocycles. The number of nitrogens with one attached hydrogen (secondary N) is 1. The highest BCUT2D eigenvalue weighted by molar-refractivity contribution is 7.92. The van der Waals surface area contributed by atoms with Crippen LogP contribution in [0.15, 0.2) is 108 Å². The molecule has 0 bridgehead atoms. The first-order chi connectivity index (χ1) is 21.1. The van der Waals surface area contributed by atoms with Crippen LogP contribution in [-0.2, 0) is 32.6 Å². The summed E-state index contributed by atoms with van der Waals surface area (Å²) in [6.45, 7) is 5.23. The van der Waals surface area contributed by atoms with Crippen molar-refractivity contribution in [2.24, 2.45) is 0 Å². The summed E-state index contributed by atoms with van der Waals surface area (Å²) < 4.78 is 44.1. The van der Waals surface area contributed by atoms with Crippen molar-refractivity contribution in [3.05, 3.63) is 131 Å². The molecule has 7 nitrogen and oxygen atoms in total. The third-order valence-corrected chi connectivity index (χ3v) is 9.12. The molecule has 0 radical (unpaired) electrons. The molecular weight excluding hydrogens is 577 g/mol. The van der Waals surface area contributed by atoms with Gasteiger partial charge in [-0.05, 0) is 56.2 Å². The predicted octanol–water partition coefficient (Wildman–Crippen LogP) is 5.80. The molecule has 4 aromatic carbocycles. The third-order valence-electron chi connectivity index (χ3n) is 7.33. The van der Waals surface area contributed by atoms with E-state index in [1.165, 1.54) is 23.1 Å². The number of amides is 2. The molecule has 4 rings (SSSR count). The van der Waals surface area contributed by atoms with Crippen molar-refractivity contribution in [1.82, 2.24) is 10.2 Å². The van der Waals surface area contributed by atoms with Gasteiger partial charge >= 0.3 is 0 Å². The van der Waals surface area contributed by atoms with Crippen LogP contribution in [-0.4, -0.2) is 44.3 Å². The molecule has 0 spiro atoms. The number of rotatable bonds is 13. The second-order valence-corrected chi connectivity index (χ2v) is 12.6. The number of halogens is 1. The van der Waals surface area contributed by atoms with Gasteiger partial charge in [0.15, 0.2) is 0 Å². The number of hydrogen-bond donors (Lipinski definition) is 1. The van der Waals surface area contributed by atoms with Crippen molar-refractivity contribution in [1.29, 1.82) is 0 Å². The van der Waals surface area contributed by atoms with E-state index in [1.807, 2.05) is 51.1 Å². The highest BCUT2D eigenvalue weighted by atomic mass is 32.2. The van der Waals surface area contributed by atoms with Crippen LogP contribution >= 0.6 is 0 Å². The van der Waals surface area contributed by atoms with Crippen LogP contribution in [0.2, 0.25) is 0 Å². The topological polar surface area (TPSA) is 86.8 Å². The van der Waals surface area contributed by atoms with Gasteiger partial charge in [0.05, 0.1) is 10.6 Å². The molecular formula is C35H38FN3O4S. The number of aryl methyl sites for hydroxylation is 2. The Morgan fingerprint density at radius 1 is 0.818 bits per heavy atom. The van der Waals surface area contributed by atoms with E-state index in [4.69, 9.17) is 0 Å². The molecule has 0 fully saturated rings. The Morgan fingerprint density at radius 2 is 1.41 bits per heavy atom. The Bertz CT molecular complexity index is 1660. The minimum atomic E-state index is -4.20. The van der Waals surface area contributed by atoms with Crippen LogP contribution in [0.4, 0.5) is 10.1 Å². The normalized spacial score (nSPS) is 11.9. The van der Waals surface area contributed by atoms with Crippen molar-refractivity contribution in [3.63, 3.8) is 0 Å². The maximum Gasteiger partial charge on any atom is 0.264 e. The quantitative estimate of drug-likeness (QED) is 0.206. The van der Waals surface area contributed by atoms with Crippen molar-refractivity contribution in [3.8, 4) is 0 Å². The lowest BCUT2D eigenvalue weighted by Gasteiger charge is -2.34. The number of nitrogens with zero attached hydrogens (tertiary/aromatic N) is 2. The Hall–Kier alpha value is -4.50. The van der Waals surface area contributed by atoms with E-state index in [2.05, 4.69) is 5.32 Å². The first-order valence-corrected chi connectivity index (χ1v) is 16.0. The number of benzene rings is 4. The Kier molecular flexibility index (Phi) is 10.9. The van der Waals surface area contributed by atoms with Crippen molar-refractivity contribution < 1.29 is 22.4 Å². The van der Waals surface area contributed by atoms with Gasteiger partial charge in [-0.1, -0.05) is 90.8 Å². The zero-order chi connectivity index (χ0) is 31.7. The SMILES string of the molecule is CCCNC(=O)[C@H](Cc1ccccc1)N(Cc1ccccc1F)C(=O)CN(c1ccc(C)cc1)S(=O)(=O)c1ccc(C)cc1. The average molecular weight is 616 g/mol. The maximum absolute atomic E-state index is 15.0. The number of anilines is 1. The average Bonchev–Trinajstić information content (AvgIpc) is 3.02. The fourth-order valence-electron chi connectivity index (χ4n) is 4.81. The first kappa shape index (κ1) is 32.4. The molecule has 44 heavy (non-hydrogen) atoms. The minimum Gasteiger partial charge on any atom is -0.354 e. The van der Waals surface area contributed by atoms with Crippen LogP contribution in [0, 0.1) is 19.7 Å². The number of hydrogen-bond acceptors (Lipinski definition) is 4. The van der Waals surface area contributed by atoms with Crippen molar-refractivity contribution in [2.45, 2.75) is 51.1 Å². The maximum atomic E-state index is 15.0. The molecule has 0 unspecified atom stereocenters. The lowest BCUT2D eigenvalue weighted by molar-refractivity contribution is -0.140. The summed E-state index contributed by atoms with van der Waals surface area (Å²) >= 11 is 0. The van der Waals surface area contributed by atoms with Crippen LogP contribution in [0.3, 0.4) is 0 Å². The van der Waals surface area contributed by atoms with Gasteiger partial charge in [-0.3, -0.25) is 13.9 Å². The molecule has 230 valence electrons. The van der Waals surface area contributed by atoms with Gasteiger partial charge in [-0.2, -0.15) is 0 Å². The highest BCUT2D eigenvalue weighted by Gasteiger charge is 2.34. The number of carbonyl (C=O) groups is 2. The molecule has 0 saturated heterocycles. The minimum absolute atomic E-state index is 0.0265. The molecule has 1 N–H and O–H groups in total. The summed E-state index contributed by atoms with van der Waals surface area (Å²) in [6, 6.07) is 27.5. The second-order valence-electron chi connectivity index (χ2n) is 10.8. The van der Waals surface area contributed by atoms with Gasteiger partial charge in [0.1, 0.15) is 18.4 Å². The van der Waals surface area contributed by atoms with Crippen LogP contribution in [0.5, 0.6) is 0 Å². The van der Waals surface area contributed by atoms with Gasteiger partial charge in [0.25, 0.3) is 10.0 Å². The number of carbonyl (C=O) groups excluding carboxylic acids is 2.